The van der Waals surface area contributed by atoms with Crippen molar-refractivity contribution in [3.05, 3.63) is 23.6 Å². The molecule has 4 rings (SSSR count). The highest BCUT2D eigenvalue weighted by Gasteiger charge is 2.29. The van der Waals surface area contributed by atoms with Crippen LogP contribution in [0.25, 0.3) is 11.3 Å². The number of thiazole rings is 1. The summed E-state index contributed by atoms with van der Waals surface area (Å²) in [6, 6.07) is 5.54. The third-order valence-electron chi connectivity index (χ3n) is 4.84. The molecule has 0 atom stereocenters. The molecule has 0 saturated heterocycles. The van der Waals surface area contributed by atoms with Crippen LogP contribution in [0, 0.1) is 0 Å². The molecular weight excluding hydrogens is 388 g/mol. The molecular formula is C18H20N2O5S2. The van der Waals surface area contributed by atoms with Crippen LogP contribution in [0.3, 0.4) is 0 Å². The van der Waals surface area contributed by atoms with Crippen LogP contribution >= 0.6 is 11.3 Å². The van der Waals surface area contributed by atoms with E-state index in [1.165, 1.54) is 11.3 Å². The highest BCUT2D eigenvalue weighted by molar-refractivity contribution is 7.92. The van der Waals surface area contributed by atoms with Crippen molar-refractivity contribution in [2.75, 3.05) is 17.9 Å². The zero-order valence-corrected chi connectivity index (χ0v) is 16.3. The van der Waals surface area contributed by atoms with Crippen LogP contribution in [0.5, 0.6) is 11.5 Å². The lowest BCUT2D eigenvalue weighted by Gasteiger charge is -2.10. The Morgan fingerprint density at radius 3 is 2.81 bits per heavy atom. The lowest BCUT2D eigenvalue weighted by molar-refractivity contribution is -0.115. The number of carbonyl (C=O) groups is 1. The molecule has 27 heavy (non-hydrogen) atoms. The Morgan fingerprint density at radius 2 is 2.00 bits per heavy atom. The van der Waals surface area contributed by atoms with Gasteiger partial charge in [-0.15, -0.1) is 11.3 Å². The highest BCUT2D eigenvalue weighted by Crippen LogP contribution is 2.36. The van der Waals surface area contributed by atoms with Crippen LogP contribution in [0.1, 0.15) is 32.1 Å². The Kier molecular flexibility index (Phi) is 5.05. The fraction of sp³-hybridized carbons (Fsp3) is 0.444. The van der Waals surface area contributed by atoms with Gasteiger partial charge in [0.15, 0.2) is 26.5 Å². The third kappa shape index (κ3) is 4.08. The van der Waals surface area contributed by atoms with Gasteiger partial charge in [-0.1, -0.05) is 12.8 Å². The number of ether oxygens (including phenoxy) is 2. The summed E-state index contributed by atoms with van der Waals surface area (Å²) < 4.78 is 35.2. The minimum Gasteiger partial charge on any atom is -0.454 e. The fourth-order valence-electron chi connectivity index (χ4n) is 3.35. The zero-order valence-electron chi connectivity index (χ0n) is 14.6. The van der Waals surface area contributed by atoms with E-state index in [4.69, 9.17) is 9.47 Å². The quantitative estimate of drug-likeness (QED) is 0.789. The van der Waals surface area contributed by atoms with Crippen LogP contribution < -0.4 is 14.8 Å². The Bertz CT molecular complexity index is 948. The molecule has 0 radical (unpaired) electrons. The first kappa shape index (κ1) is 18.2. The van der Waals surface area contributed by atoms with E-state index in [9.17, 15) is 13.2 Å². The summed E-state index contributed by atoms with van der Waals surface area (Å²) in [5, 5.41) is 4.71. The summed E-state index contributed by atoms with van der Waals surface area (Å²) in [5.74, 6) is 0.932. The molecule has 0 bridgehead atoms. The zero-order chi connectivity index (χ0) is 18.9. The SMILES string of the molecule is O=C(CCS(=O)(=O)C1CCCC1)Nc1nc(-c2ccc3c(c2)OCO3)cs1. The number of amides is 1. The second kappa shape index (κ2) is 7.47. The van der Waals surface area contributed by atoms with Crippen LogP contribution in [-0.4, -0.2) is 37.1 Å². The van der Waals surface area contributed by atoms with Gasteiger partial charge in [0.05, 0.1) is 16.7 Å². The summed E-state index contributed by atoms with van der Waals surface area (Å²) in [5.41, 5.74) is 1.58. The Morgan fingerprint density at radius 1 is 1.22 bits per heavy atom. The largest absolute Gasteiger partial charge is 0.454 e. The van der Waals surface area contributed by atoms with Crippen molar-refractivity contribution < 1.29 is 22.7 Å². The predicted molar refractivity (Wildman–Crippen MR) is 103 cm³/mol. The molecule has 2 heterocycles. The van der Waals surface area contributed by atoms with E-state index in [0.717, 1.165) is 31.2 Å². The van der Waals surface area contributed by atoms with Crippen LogP contribution in [0.15, 0.2) is 23.6 Å². The number of rotatable bonds is 6. The Hall–Kier alpha value is -2.13. The van der Waals surface area contributed by atoms with Gasteiger partial charge in [0.1, 0.15) is 0 Å². The molecule has 1 amide bonds. The fourth-order valence-corrected chi connectivity index (χ4v) is 5.94. The van der Waals surface area contributed by atoms with Crippen molar-refractivity contribution in [2.24, 2.45) is 0 Å². The van der Waals surface area contributed by atoms with Gasteiger partial charge >= 0.3 is 0 Å². The van der Waals surface area contributed by atoms with E-state index in [2.05, 4.69) is 10.3 Å². The summed E-state index contributed by atoms with van der Waals surface area (Å²) in [7, 11) is -3.19. The molecule has 144 valence electrons. The van der Waals surface area contributed by atoms with E-state index in [1.807, 2.05) is 23.6 Å². The summed E-state index contributed by atoms with van der Waals surface area (Å²) >= 11 is 1.30. The second-order valence-corrected chi connectivity index (χ2v) is 9.94. The number of nitrogens with zero attached hydrogens (tertiary/aromatic N) is 1. The first-order chi connectivity index (χ1) is 13.0. The number of hydrogen-bond acceptors (Lipinski definition) is 7. The van der Waals surface area contributed by atoms with Crippen LogP contribution in [-0.2, 0) is 14.6 Å². The molecule has 1 aliphatic carbocycles. The van der Waals surface area contributed by atoms with E-state index >= 15 is 0 Å². The van der Waals surface area contributed by atoms with Crippen molar-refractivity contribution >= 4 is 32.2 Å². The number of fused-ring (bicyclic) bond motifs is 1. The number of nitrogens with one attached hydrogen (secondary N) is 1. The summed E-state index contributed by atoms with van der Waals surface area (Å²) in [6.45, 7) is 0.209. The molecule has 1 N–H and O–H groups in total. The predicted octanol–water partition coefficient (Wildman–Crippen LogP) is 3.22. The average Bonchev–Trinajstić information content (AvgIpc) is 3.39. The molecule has 7 nitrogen and oxygen atoms in total. The number of aromatic nitrogens is 1. The van der Waals surface area contributed by atoms with Crippen molar-refractivity contribution in [1.82, 2.24) is 4.98 Å². The molecule has 2 aliphatic rings. The second-order valence-electron chi connectivity index (χ2n) is 6.68. The molecule has 2 aromatic rings. The number of benzene rings is 1. The highest BCUT2D eigenvalue weighted by atomic mass is 32.2. The van der Waals surface area contributed by atoms with Crippen molar-refractivity contribution in [1.29, 1.82) is 0 Å². The Balaban J connectivity index is 1.35. The first-order valence-electron chi connectivity index (χ1n) is 8.88. The van der Waals surface area contributed by atoms with Gasteiger partial charge in [0, 0.05) is 17.4 Å². The van der Waals surface area contributed by atoms with Crippen LogP contribution in [0.4, 0.5) is 5.13 Å². The molecule has 0 unspecified atom stereocenters. The summed E-state index contributed by atoms with van der Waals surface area (Å²) in [6.07, 6.45) is 3.30. The topological polar surface area (TPSA) is 94.6 Å². The minimum absolute atomic E-state index is 0.0439. The number of anilines is 1. The van der Waals surface area contributed by atoms with Gasteiger partial charge in [0.25, 0.3) is 0 Å². The maximum atomic E-state index is 12.3. The normalized spacial score (nSPS) is 16.6. The van der Waals surface area contributed by atoms with E-state index in [1.54, 1.807) is 0 Å². The smallest absolute Gasteiger partial charge is 0.231 e. The molecule has 0 spiro atoms. The lowest BCUT2D eigenvalue weighted by Crippen LogP contribution is -2.24. The van der Waals surface area contributed by atoms with Crippen molar-refractivity contribution in [3.63, 3.8) is 0 Å². The van der Waals surface area contributed by atoms with Gasteiger partial charge in [-0.05, 0) is 31.0 Å². The molecule has 1 saturated carbocycles. The minimum atomic E-state index is -3.19. The number of carbonyl (C=O) groups excluding carboxylic acids is 1. The van der Waals surface area contributed by atoms with E-state index < -0.39 is 9.84 Å². The first-order valence-corrected chi connectivity index (χ1v) is 11.5. The average molecular weight is 409 g/mol. The molecule has 1 aromatic carbocycles. The molecule has 1 aromatic heterocycles. The van der Waals surface area contributed by atoms with Crippen LogP contribution in [0.2, 0.25) is 0 Å². The maximum Gasteiger partial charge on any atom is 0.231 e. The van der Waals surface area contributed by atoms with Gasteiger partial charge in [-0.2, -0.15) is 0 Å². The molecule has 1 aliphatic heterocycles. The van der Waals surface area contributed by atoms with Gasteiger partial charge in [-0.3, -0.25) is 4.79 Å². The summed E-state index contributed by atoms with van der Waals surface area (Å²) in [4.78, 5) is 16.5. The standard InChI is InChI=1S/C18H20N2O5S2/c21-17(7-8-27(22,23)13-3-1-2-4-13)20-18-19-14(10-26-18)12-5-6-15-16(9-12)25-11-24-15/h5-6,9-10,13H,1-4,7-8,11H2,(H,19,20,21). The van der Waals surface area contributed by atoms with Gasteiger partial charge in [-0.25, -0.2) is 13.4 Å². The van der Waals surface area contributed by atoms with E-state index in [0.29, 0.717) is 22.3 Å². The Labute approximate surface area is 161 Å². The van der Waals surface area contributed by atoms with E-state index in [-0.39, 0.29) is 30.1 Å². The van der Waals surface area contributed by atoms with Crippen molar-refractivity contribution in [3.8, 4) is 22.8 Å². The van der Waals surface area contributed by atoms with Gasteiger partial charge < -0.3 is 14.8 Å². The third-order valence-corrected chi connectivity index (χ3v) is 7.86. The number of hydrogen-bond donors (Lipinski definition) is 1. The monoisotopic (exact) mass is 408 g/mol. The maximum absolute atomic E-state index is 12.3. The van der Waals surface area contributed by atoms with Gasteiger partial charge in [0.2, 0.25) is 12.7 Å². The number of sulfone groups is 1. The lowest BCUT2D eigenvalue weighted by atomic mass is 10.1. The molecule has 1 fully saturated rings. The molecule has 9 heteroatoms. The van der Waals surface area contributed by atoms with Crippen molar-refractivity contribution in [2.45, 2.75) is 37.4 Å².